The second-order valence-corrected chi connectivity index (χ2v) is 5.95. The van der Waals surface area contributed by atoms with Crippen molar-refractivity contribution in [3.63, 3.8) is 0 Å². The first-order chi connectivity index (χ1) is 11.3. The summed E-state index contributed by atoms with van der Waals surface area (Å²) in [6.07, 6.45) is -0.912. The van der Waals surface area contributed by atoms with E-state index in [0.29, 0.717) is 10.8 Å². The number of hydrogen-bond donors (Lipinski definition) is 1. The molecule has 2 aromatic carbocycles. The zero-order valence-electron chi connectivity index (χ0n) is 12.9. The summed E-state index contributed by atoms with van der Waals surface area (Å²) in [5.74, 6) is -0.241. The van der Waals surface area contributed by atoms with Crippen molar-refractivity contribution in [3.8, 4) is 5.75 Å². The van der Waals surface area contributed by atoms with Crippen molar-refractivity contribution in [3.05, 3.63) is 62.1 Å². The van der Waals surface area contributed by atoms with Gasteiger partial charge in [0.05, 0.1) is 9.95 Å². The Balaban J connectivity index is 2.13. The predicted molar refractivity (Wildman–Crippen MR) is 93.0 cm³/mol. The summed E-state index contributed by atoms with van der Waals surface area (Å²) in [5, 5.41) is 14.3. The standard InChI is InChI=1S/C16H14Cl2N2O4/c1-9-3-5-13(14(7-9)20(22)23)19-16(21)10(2)24-15-6-4-11(17)8-12(15)18/h3-8,10H,1-2H3,(H,19,21). The summed E-state index contributed by atoms with van der Waals surface area (Å²) >= 11 is 11.8. The summed E-state index contributed by atoms with van der Waals surface area (Å²) in [6.45, 7) is 3.24. The Bertz CT molecular complexity index is 796. The van der Waals surface area contributed by atoms with Crippen LogP contribution in [0.25, 0.3) is 0 Å². The van der Waals surface area contributed by atoms with Crippen molar-refractivity contribution in [1.82, 2.24) is 0 Å². The zero-order chi connectivity index (χ0) is 17.9. The van der Waals surface area contributed by atoms with E-state index in [1.807, 2.05) is 0 Å². The minimum absolute atomic E-state index is 0.105. The molecule has 0 bridgehead atoms. The molecule has 0 saturated heterocycles. The van der Waals surface area contributed by atoms with Gasteiger partial charge in [0.1, 0.15) is 11.4 Å². The van der Waals surface area contributed by atoms with E-state index in [4.69, 9.17) is 27.9 Å². The van der Waals surface area contributed by atoms with Gasteiger partial charge in [-0.05, 0) is 43.7 Å². The third-order valence-corrected chi connectivity index (χ3v) is 3.71. The van der Waals surface area contributed by atoms with Crippen molar-refractivity contribution < 1.29 is 14.5 Å². The van der Waals surface area contributed by atoms with Crippen LogP contribution in [0.15, 0.2) is 36.4 Å². The van der Waals surface area contributed by atoms with Crippen molar-refractivity contribution >= 4 is 40.5 Å². The summed E-state index contributed by atoms with van der Waals surface area (Å²) < 4.78 is 5.49. The lowest BCUT2D eigenvalue weighted by Gasteiger charge is -2.16. The first-order valence-corrected chi connectivity index (χ1v) is 7.71. The number of rotatable bonds is 5. The molecule has 24 heavy (non-hydrogen) atoms. The highest BCUT2D eigenvalue weighted by molar-refractivity contribution is 6.35. The molecule has 0 spiro atoms. The molecule has 2 aromatic rings. The summed E-state index contributed by atoms with van der Waals surface area (Å²) in [5.41, 5.74) is 0.644. The fourth-order valence-corrected chi connectivity index (χ4v) is 2.40. The van der Waals surface area contributed by atoms with Crippen LogP contribution in [0.5, 0.6) is 5.75 Å². The second kappa shape index (κ2) is 7.51. The average Bonchev–Trinajstić information content (AvgIpc) is 2.51. The van der Waals surface area contributed by atoms with E-state index in [9.17, 15) is 14.9 Å². The van der Waals surface area contributed by atoms with Crippen LogP contribution in [0.2, 0.25) is 10.0 Å². The largest absolute Gasteiger partial charge is 0.479 e. The molecule has 0 radical (unpaired) electrons. The minimum Gasteiger partial charge on any atom is -0.479 e. The van der Waals surface area contributed by atoms with Crippen LogP contribution in [-0.4, -0.2) is 16.9 Å². The Hall–Kier alpha value is -2.31. The molecule has 1 atom stereocenters. The molecule has 8 heteroatoms. The Kier molecular flexibility index (Phi) is 5.64. The van der Waals surface area contributed by atoms with Crippen LogP contribution in [0.4, 0.5) is 11.4 Å². The number of carbonyl (C=O) groups is 1. The molecule has 1 N–H and O–H groups in total. The quantitative estimate of drug-likeness (QED) is 0.616. The van der Waals surface area contributed by atoms with Gasteiger partial charge in [0, 0.05) is 11.1 Å². The van der Waals surface area contributed by atoms with Crippen LogP contribution in [0.3, 0.4) is 0 Å². The molecule has 0 heterocycles. The number of amides is 1. The van der Waals surface area contributed by atoms with Gasteiger partial charge in [-0.2, -0.15) is 0 Å². The number of ether oxygens (including phenoxy) is 1. The molecule has 6 nitrogen and oxygen atoms in total. The van der Waals surface area contributed by atoms with Crippen LogP contribution >= 0.6 is 23.2 Å². The van der Waals surface area contributed by atoms with E-state index < -0.39 is 16.9 Å². The first kappa shape index (κ1) is 18.0. The average molecular weight is 369 g/mol. The number of halogens is 2. The van der Waals surface area contributed by atoms with Crippen LogP contribution in [-0.2, 0) is 4.79 Å². The van der Waals surface area contributed by atoms with Crippen molar-refractivity contribution in [1.29, 1.82) is 0 Å². The van der Waals surface area contributed by atoms with Gasteiger partial charge >= 0.3 is 0 Å². The molecule has 2 rings (SSSR count). The lowest BCUT2D eigenvalue weighted by Crippen LogP contribution is -2.30. The number of nitro groups is 1. The van der Waals surface area contributed by atoms with Crippen molar-refractivity contribution in [2.45, 2.75) is 20.0 Å². The maximum atomic E-state index is 12.2. The molecule has 0 aliphatic rings. The predicted octanol–water partition coefficient (Wildman–Crippen LogP) is 4.62. The summed E-state index contributed by atoms with van der Waals surface area (Å²) in [6, 6.07) is 9.16. The number of benzene rings is 2. The Morgan fingerprint density at radius 1 is 1.25 bits per heavy atom. The van der Waals surface area contributed by atoms with Gasteiger partial charge in [-0.3, -0.25) is 14.9 Å². The Morgan fingerprint density at radius 2 is 1.96 bits per heavy atom. The van der Waals surface area contributed by atoms with Gasteiger partial charge in [0.25, 0.3) is 11.6 Å². The molecule has 0 saturated carbocycles. The molecule has 126 valence electrons. The van der Waals surface area contributed by atoms with Gasteiger partial charge in [0.15, 0.2) is 6.10 Å². The maximum absolute atomic E-state index is 12.2. The molecular weight excluding hydrogens is 355 g/mol. The normalized spacial score (nSPS) is 11.7. The molecular formula is C16H14Cl2N2O4. The highest BCUT2D eigenvalue weighted by Crippen LogP contribution is 2.29. The smallest absolute Gasteiger partial charge is 0.293 e. The van der Waals surface area contributed by atoms with E-state index in [1.54, 1.807) is 25.1 Å². The fraction of sp³-hybridized carbons (Fsp3) is 0.188. The van der Waals surface area contributed by atoms with E-state index in [0.717, 1.165) is 5.56 Å². The number of nitrogens with one attached hydrogen (secondary N) is 1. The fourth-order valence-electron chi connectivity index (χ4n) is 1.95. The van der Waals surface area contributed by atoms with Gasteiger partial charge < -0.3 is 10.1 Å². The van der Waals surface area contributed by atoms with Crippen LogP contribution in [0.1, 0.15) is 12.5 Å². The topological polar surface area (TPSA) is 81.5 Å². The summed E-state index contributed by atoms with van der Waals surface area (Å²) in [7, 11) is 0. The van der Waals surface area contributed by atoms with E-state index in [2.05, 4.69) is 5.32 Å². The minimum atomic E-state index is -0.912. The number of anilines is 1. The van der Waals surface area contributed by atoms with Crippen LogP contribution < -0.4 is 10.1 Å². The number of nitro benzene ring substituents is 1. The lowest BCUT2D eigenvalue weighted by atomic mass is 10.2. The first-order valence-electron chi connectivity index (χ1n) is 6.95. The lowest BCUT2D eigenvalue weighted by molar-refractivity contribution is -0.384. The highest BCUT2D eigenvalue weighted by Gasteiger charge is 2.21. The molecule has 0 fully saturated rings. The Labute approximate surface area is 148 Å². The highest BCUT2D eigenvalue weighted by atomic mass is 35.5. The molecule has 1 amide bonds. The van der Waals surface area contributed by atoms with E-state index in [1.165, 1.54) is 25.1 Å². The number of nitrogens with zero attached hydrogens (tertiary/aromatic N) is 1. The third kappa shape index (κ3) is 4.37. The molecule has 0 aliphatic carbocycles. The van der Waals surface area contributed by atoms with E-state index >= 15 is 0 Å². The van der Waals surface area contributed by atoms with Crippen molar-refractivity contribution in [2.24, 2.45) is 0 Å². The zero-order valence-corrected chi connectivity index (χ0v) is 14.4. The van der Waals surface area contributed by atoms with Gasteiger partial charge in [0.2, 0.25) is 0 Å². The SMILES string of the molecule is Cc1ccc(NC(=O)C(C)Oc2ccc(Cl)cc2Cl)c([N+](=O)[O-])c1. The molecule has 1 unspecified atom stereocenters. The third-order valence-electron chi connectivity index (χ3n) is 3.17. The molecule has 0 aliphatic heterocycles. The number of carbonyl (C=O) groups excluding carboxylic acids is 1. The summed E-state index contributed by atoms with van der Waals surface area (Å²) in [4.78, 5) is 22.8. The van der Waals surface area contributed by atoms with Crippen molar-refractivity contribution in [2.75, 3.05) is 5.32 Å². The molecule has 0 aromatic heterocycles. The number of hydrogen-bond acceptors (Lipinski definition) is 4. The van der Waals surface area contributed by atoms with E-state index in [-0.39, 0.29) is 16.4 Å². The number of aryl methyl sites for hydroxylation is 1. The van der Waals surface area contributed by atoms with Crippen LogP contribution in [0, 0.1) is 17.0 Å². The monoisotopic (exact) mass is 368 g/mol. The maximum Gasteiger partial charge on any atom is 0.293 e. The van der Waals surface area contributed by atoms with Gasteiger partial charge in [-0.15, -0.1) is 0 Å². The van der Waals surface area contributed by atoms with Gasteiger partial charge in [-0.1, -0.05) is 29.3 Å². The second-order valence-electron chi connectivity index (χ2n) is 5.10. The Morgan fingerprint density at radius 3 is 2.58 bits per heavy atom. The van der Waals surface area contributed by atoms with Gasteiger partial charge in [-0.25, -0.2) is 0 Å².